The number of nitrogens with zero attached hydrogens (tertiary/aromatic N) is 1. The zero-order chi connectivity index (χ0) is 12.4. The topological polar surface area (TPSA) is 54.7 Å². The van der Waals surface area contributed by atoms with Crippen LogP contribution in [0, 0.1) is 6.92 Å². The van der Waals surface area contributed by atoms with Gasteiger partial charge in [0.15, 0.2) is 0 Å². The molecule has 0 atom stereocenters. The Bertz CT molecular complexity index is 500. The van der Waals surface area contributed by atoms with Gasteiger partial charge in [0.2, 0.25) is 0 Å². The standard InChI is InChI=1S/C13H17N3S/c1-8(2)17-11-6-4-10(5-7-11)13-12(14)9(3)15-16-13/h4-8H,14H2,1-3H3,(H,15,16). The summed E-state index contributed by atoms with van der Waals surface area (Å²) in [5.41, 5.74) is 9.49. The summed E-state index contributed by atoms with van der Waals surface area (Å²) >= 11 is 1.85. The summed E-state index contributed by atoms with van der Waals surface area (Å²) in [7, 11) is 0. The normalized spacial score (nSPS) is 11.1. The minimum absolute atomic E-state index is 0.596. The smallest absolute Gasteiger partial charge is 0.115 e. The molecule has 2 aromatic rings. The van der Waals surface area contributed by atoms with Gasteiger partial charge in [0, 0.05) is 15.7 Å². The molecule has 0 fully saturated rings. The maximum atomic E-state index is 5.95. The summed E-state index contributed by atoms with van der Waals surface area (Å²) < 4.78 is 0. The van der Waals surface area contributed by atoms with E-state index in [1.54, 1.807) is 0 Å². The second kappa shape index (κ2) is 4.84. The van der Waals surface area contributed by atoms with Crippen LogP contribution in [0.15, 0.2) is 29.2 Å². The lowest BCUT2D eigenvalue weighted by atomic mass is 10.1. The third kappa shape index (κ3) is 2.64. The van der Waals surface area contributed by atoms with Crippen LogP contribution >= 0.6 is 11.8 Å². The maximum absolute atomic E-state index is 5.95. The van der Waals surface area contributed by atoms with Gasteiger partial charge in [-0.2, -0.15) is 5.10 Å². The van der Waals surface area contributed by atoms with E-state index < -0.39 is 0 Å². The number of rotatable bonds is 3. The van der Waals surface area contributed by atoms with Crippen molar-refractivity contribution >= 4 is 17.4 Å². The van der Waals surface area contributed by atoms with Crippen LogP contribution < -0.4 is 5.73 Å². The molecule has 4 heteroatoms. The Balaban J connectivity index is 2.26. The van der Waals surface area contributed by atoms with Crippen molar-refractivity contribution < 1.29 is 0 Å². The summed E-state index contributed by atoms with van der Waals surface area (Å²) in [5, 5.41) is 7.72. The minimum atomic E-state index is 0.596. The van der Waals surface area contributed by atoms with Crippen LogP contribution in [0.3, 0.4) is 0 Å². The van der Waals surface area contributed by atoms with Gasteiger partial charge in [0.1, 0.15) is 5.69 Å². The van der Waals surface area contributed by atoms with Crippen molar-refractivity contribution in [2.45, 2.75) is 30.9 Å². The molecular formula is C13H17N3S. The Morgan fingerprint density at radius 3 is 2.35 bits per heavy atom. The number of H-pyrrole nitrogens is 1. The Hall–Kier alpha value is -1.42. The Morgan fingerprint density at radius 1 is 1.24 bits per heavy atom. The molecule has 1 aromatic carbocycles. The molecule has 0 saturated carbocycles. The second-order valence-electron chi connectivity index (χ2n) is 4.30. The van der Waals surface area contributed by atoms with Gasteiger partial charge >= 0.3 is 0 Å². The fourth-order valence-corrected chi connectivity index (χ4v) is 2.46. The maximum Gasteiger partial charge on any atom is 0.115 e. The average Bonchev–Trinajstić information content (AvgIpc) is 2.60. The number of benzene rings is 1. The van der Waals surface area contributed by atoms with Gasteiger partial charge in [-0.25, -0.2) is 0 Å². The van der Waals surface area contributed by atoms with Crippen LogP contribution in [0.1, 0.15) is 19.5 Å². The number of aromatic nitrogens is 2. The molecule has 0 amide bonds. The second-order valence-corrected chi connectivity index (χ2v) is 5.95. The molecule has 0 radical (unpaired) electrons. The van der Waals surface area contributed by atoms with Crippen molar-refractivity contribution in [2.24, 2.45) is 0 Å². The molecule has 0 aliphatic rings. The fourth-order valence-electron chi connectivity index (χ4n) is 1.62. The summed E-state index contributed by atoms with van der Waals surface area (Å²) in [5.74, 6) is 0. The summed E-state index contributed by atoms with van der Waals surface area (Å²) in [6.07, 6.45) is 0. The zero-order valence-corrected chi connectivity index (χ0v) is 11.1. The first-order valence-electron chi connectivity index (χ1n) is 5.65. The van der Waals surface area contributed by atoms with Gasteiger partial charge in [-0.3, -0.25) is 5.10 Å². The van der Waals surface area contributed by atoms with Gasteiger partial charge in [-0.15, -0.1) is 11.8 Å². The molecule has 0 spiro atoms. The highest BCUT2D eigenvalue weighted by Crippen LogP contribution is 2.29. The van der Waals surface area contributed by atoms with Gasteiger partial charge < -0.3 is 5.73 Å². The molecule has 1 aromatic heterocycles. The number of anilines is 1. The highest BCUT2D eigenvalue weighted by atomic mass is 32.2. The van der Waals surface area contributed by atoms with E-state index in [-0.39, 0.29) is 0 Å². The number of aromatic amines is 1. The number of nitrogens with one attached hydrogen (secondary N) is 1. The van der Waals surface area contributed by atoms with Crippen LogP contribution in [0.2, 0.25) is 0 Å². The Labute approximate surface area is 106 Å². The molecule has 0 aliphatic carbocycles. The van der Waals surface area contributed by atoms with Crippen LogP contribution in [0.25, 0.3) is 11.3 Å². The molecule has 0 bridgehead atoms. The zero-order valence-electron chi connectivity index (χ0n) is 10.3. The number of hydrogen-bond donors (Lipinski definition) is 2. The largest absolute Gasteiger partial charge is 0.395 e. The number of hydrogen-bond acceptors (Lipinski definition) is 3. The van der Waals surface area contributed by atoms with Crippen LogP contribution in [0.5, 0.6) is 0 Å². The first-order valence-corrected chi connectivity index (χ1v) is 6.53. The van der Waals surface area contributed by atoms with E-state index in [4.69, 9.17) is 5.73 Å². The van der Waals surface area contributed by atoms with Crippen molar-refractivity contribution in [3.05, 3.63) is 30.0 Å². The van der Waals surface area contributed by atoms with Crippen molar-refractivity contribution in [2.75, 3.05) is 5.73 Å². The van der Waals surface area contributed by atoms with Gasteiger partial charge in [0.25, 0.3) is 0 Å². The van der Waals surface area contributed by atoms with E-state index in [1.807, 2.05) is 18.7 Å². The molecule has 1 heterocycles. The lowest BCUT2D eigenvalue weighted by Gasteiger charge is -2.05. The minimum Gasteiger partial charge on any atom is -0.395 e. The van der Waals surface area contributed by atoms with Crippen LogP contribution in [-0.4, -0.2) is 15.4 Å². The molecule has 3 N–H and O–H groups in total. The number of thioether (sulfide) groups is 1. The van der Waals surface area contributed by atoms with Crippen molar-refractivity contribution in [3.8, 4) is 11.3 Å². The first kappa shape index (κ1) is 12.0. The van der Waals surface area contributed by atoms with Crippen molar-refractivity contribution in [3.63, 3.8) is 0 Å². The van der Waals surface area contributed by atoms with E-state index in [0.29, 0.717) is 5.25 Å². The highest BCUT2D eigenvalue weighted by Gasteiger charge is 2.08. The van der Waals surface area contributed by atoms with Crippen LogP contribution in [0.4, 0.5) is 5.69 Å². The van der Waals surface area contributed by atoms with E-state index >= 15 is 0 Å². The Kier molecular flexibility index (Phi) is 3.43. The summed E-state index contributed by atoms with van der Waals surface area (Å²) in [6, 6.07) is 8.36. The fraction of sp³-hybridized carbons (Fsp3) is 0.308. The SMILES string of the molecule is Cc1[nH]nc(-c2ccc(SC(C)C)cc2)c1N. The third-order valence-corrected chi connectivity index (χ3v) is 3.51. The first-order chi connectivity index (χ1) is 8.08. The molecular weight excluding hydrogens is 230 g/mol. The van der Waals surface area contributed by atoms with E-state index in [1.165, 1.54) is 4.90 Å². The van der Waals surface area contributed by atoms with Gasteiger partial charge in [-0.05, 0) is 19.1 Å². The molecule has 90 valence electrons. The number of aryl methyl sites for hydroxylation is 1. The van der Waals surface area contributed by atoms with Crippen molar-refractivity contribution in [1.82, 2.24) is 10.2 Å². The molecule has 2 rings (SSSR count). The number of nitrogen functional groups attached to an aromatic ring is 1. The predicted octanol–water partition coefficient (Wildman–Crippen LogP) is 3.47. The monoisotopic (exact) mass is 247 g/mol. The van der Waals surface area contributed by atoms with E-state index in [0.717, 1.165) is 22.6 Å². The quantitative estimate of drug-likeness (QED) is 0.817. The Morgan fingerprint density at radius 2 is 1.88 bits per heavy atom. The van der Waals surface area contributed by atoms with E-state index in [9.17, 15) is 0 Å². The summed E-state index contributed by atoms with van der Waals surface area (Å²) in [6.45, 7) is 6.30. The predicted molar refractivity (Wildman–Crippen MR) is 74.2 cm³/mol. The highest BCUT2D eigenvalue weighted by molar-refractivity contribution is 7.99. The molecule has 3 nitrogen and oxygen atoms in total. The molecule has 0 saturated heterocycles. The summed E-state index contributed by atoms with van der Waals surface area (Å²) in [4.78, 5) is 1.27. The van der Waals surface area contributed by atoms with Crippen LogP contribution in [-0.2, 0) is 0 Å². The van der Waals surface area contributed by atoms with Gasteiger partial charge in [0.05, 0.1) is 11.4 Å². The van der Waals surface area contributed by atoms with E-state index in [2.05, 4.69) is 48.3 Å². The average molecular weight is 247 g/mol. The molecule has 17 heavy (non-hydrogen) atoms. The van der Waals surface area contributed by atoms with Crippen molar-refractivity contribution in [1.29, 1.82) is 0 Å². The molecule has 0 unspecified atom stereocenters. The molecule has 0 aliphatic heterocycles. The lowest BCUT2D eigenvalue weighted by Crippen LogP contribution is -1.89. The number of nitrogens with two attached hydrogens (primary N) is 1. The third-order valence-electron chi connectivity index (χ3n) is 2.49. The lowest BCUT2D eigenvalue weighted by molar-refractivity contribution is 1.05. The van der Waals surface area contributed by atoms with Gasteiger partial charge in [-0.1, -0.05) is 26.0 Å².